The van der Waals surface area contributed by atoms with Crippen molar-refractivity contribution >= 4 is 58.6 Å². The minimum atomic E-state index is -1.03. The molecule has 0 saturated heterocycles. The maximum absolute atomic E-state index is 14.8. The van der Waals surface area contributed by atoms with Crippen LogP contribution in [0.2, 0.25) is 0 Å². The van der Waals surface area contributed by atoms with Crippen molar-refractivity contribution in [1.82, 2.24) is 41.7 Å². The first kappa shape index (κ1) is 61.3. The second kappa shape index (κ2) is 26.0. The van der Waals surface area contributed by atoms with Gasteiger partial charge in [-0.25, -0.2) is 8.78 Å². The minimum Gasteiger partial charge on any atom is -0.348 e. The largest absolute Gasteiger partial charge is 0.348 e. The van der Waals surface area contributed by atoms with Crippen LogP contribution in [0.15, 0.2) is 109 Å². The molecule has 2 aliphatic heterocycles. The van der Waals surface area contributed by atoms with Crippen LogP contribution < -0.4 is 42.5 Å². The molecule has 8 N–H and O–H groups in total. The fourth-order valence-corrected chi connectivity index (χ4v) is 10.2. The van der Waals surface area contributed by atoms with E-state index in [-0.39, 0.29) is 61.3 Å². The Morgan fingerprint density at radius 1 is 0.500 bits per heavy atom. The smallest absolute Gasteiger partial charge is 0.255 e. The zero-order valence-corrected chi connectivity index (χ0v) is 48.0. The Balaban J connectivity index is 1.06. The van der Waals surface area contributed by atoms with Crippen LogP contribution in [0.3, 0.4) is 0 Å². The van der Waals surface area contributed by atoms with E-state index in [2.05, 4.69) is 42.5 Å². The van der Waals surface area contributed by atoms with Crippen LogP contribution in [0, 0.1) is 22.5 Å². The van der Waals surface area contributed by atoms with Gasteiger partial charge in [0.05, 0.1) is 25.2 Å². The van der Waals surface area contributed by atoms with E-state index >= 15 is 0 Å². The first-order chi connectivity index (χ1) is 38.8. The summed E-state index contributed by atoms with van der Waals surface area (Å²) >= 11 is 0. The molecule has 8 amide bonds. The SMILES string of the molecule is CNCC(=O)NC(C(=O)N1Cc2cc(NC(=O)c3ccc(C(=O)Nc4ccc5c(c4)CN(C(=O)C(NC(=O)CNC)C(C)(C)C)C(C(=O)NC(C)c4ccccc4F)C5)cc3)ccc2CC1C(=O)NC(C)c1ccccc1F)C(C)(C)C. The summed E-state index contributed by atoms with van der Waals surface area (Å²) in [6.07, 6.45) is 0.183. The molecule has 82 heavy (non-hydrogen) atoms. The van der Waals surface area contributed by atoms with E-state index in [4.69, 9.17) is 0 Å². The molecular weight excluding hydrogens is 1050 g/mol. The Labute approximate surface area is 477 Å². The number of fused-ring (bicyclic) bond motifs is 2. The van der Waals surface area contributed by atoms with Crippen LogP contribution in [-0.2, 0) is 54.7 Å². The van der Waals surface area contributed by atoms with Crippen LogP contribution in [0.4, 0.5) is 20.2 Å². The fraction of sp³-hybridized carbons (Fsp3) is 0.387. The number of carbonyl (C=O) groups is 8. The van der Waals surface area contributed by atoms with Gasteiger partial charge in [0.25, 0.3) is 11.8 Å². The summed E-state index contributed by atoms with van der Waals surface area (Å²) in [5.41, 5.74) is 3.06. The summed E-state index contributed by atoms with van der Waals surface area (Å²) in [4.78, 5) is 114. The summed E-state index contributed by atoms with van der Waals surface area (Å²) < 4.78 is 29.6. The number of benzene rings is 5. The van der Waals surface area contributed by atoms with Crippen molar-refractivity contribution in [3.63, 3.8) is 0 Å². The molecule has 6 unspecified atom stereocenters. The lowest BCUT2D eigenvalue weighted by atomic mass is 9.84. The van der Waals surface area contributed by atoms with Crippen molar-refractivity contribution in [2.45, 2.75) is 118 Å². The molecule has 2 heterocycles. The maximum atomic E-state index is 14.8. The molecule has 0 fully saturated rings. The Bertz CT molecular complexity index is 3020. The second-order valence-electron chi connectivity index (χ2n) is 23.1. The summed E-state index contributed by atoms with van der Waals surface area (Å²) in [6, 6.07) is 23.0. The van der Waals surface area contributed by atoms with Gasteiger partial charge >= 0.3 is 0 Å². The molecular formula is C62H74F2N10O8. The number of hydrogen-bond acceptors (Lipinski definition) is 10. The predicted octanol–water partition coefficient (Wildman–Crippen LogP) is 6.23. The van der Waals surface area contributed by atoms with Gasteiger partial charge in [0.15, 0.2) is 0 Å². The second-order valence-corrected chi connectivity index (χ2v) is 23.1. The van der Waals surface area contributed by atoms with Crippen LogP contribution in [0.25, 0.3) is 0 Å². The van der Waals surface area contributed by atoms with Crippen molar-refractivity contribution in [1.29, 1.82) is 0 Å². The van der Waals surface area contributed by atoms with Crippen molar-refractivity contribution in [2.75, 3.05) is 37.8 Å². The number of amides is 8. The fourth-order valence-electron chi connectivity index (χ4n) is 10.2. The average molecular weight is 1130 g/mol. The average Bonchev–Trinajstić information content (AvgIpc) is 3.53. The van der Waals surface area contributed by atoms with Gasteiger partial charge in [-0.05, 0) is 122 Å². The molecule has 0 spiro atoms. The Hall–Kier alpha value is -8.36. The van der Waals surface area contributed by atoms with E-state index in [9.17, 15) is 47.1 Å². The predicted molar refractivity (Wildman–Crippen MR) is 308 cm³/mol. The van der Waals surface area contributed by atoms with Crippen molar-refractivity contribution in [3.05, 3.63) is 165 Å². The standard InChI is InChI=1S/C62H74F2N10O8/c1-35(45-15-11-13-17-47(45)63)67-57(79)49-29-39-23-25-43(27-41(39)33-73(49)59(81)53(61(3,4)5)71-51(75)31-65-9)69-55(77)37-19-21-38(22-20-37)56(78)70-44-26-24-40-30-50(58(80)68-36(2)46-16-12-14-18-48(46)64)74(34-42(40)28-44)60(82)54(62(6,7)8)72-52(76)32-66-10/h11-28,35-36,49-50,53-54,65-66H,29-34H2,1-10H3,(H,67,79)(H,68,80)(H,69,77)(H,70,78)(H,71,75)(H,72,76). The van der Waals surface area contributed by atoms with E-state index in [0.29, 0.717) is 22.5 Å². The van der Waals surface area contributed by atoms with Gasteiger partial charge in [0.1, 0.15) is 35.8 Å². The summed E-state index contributed by atoms with van der Waals surface area (Å²) in [6.45, 7) is 14.0. The molecule has 0 aliphatic carbocycles. The van der Waals surface area contributed by atoms with E-state index in [0.717, 1.165) is 11.1 Å². The molecule has 5 aromatic rings. The molecule has 5 aromatic carbocycles. The first-order valence-electron chi connectivity index (χ1n) is 27.3. The van der Waals surface area contributed by atoms with Crippen molar-refractivity contribution < 1.29 is 47.1 Å². The zero-order valence-electron chi connectivity index (χ0n) is 48.0. The van der Waals surface area contributed by atoms with Gasteiger partial charge in [-0.3, -0.25) is 38.4 Å². The van der Waals surface area contributed by atoms with Crippen molar-refractivity contribution in [3.8, 4) is 0 Å². The highest BCUT2D eigenvalue weighted by Gasteiger charge is 2.44. The quantitative estimate of drug-likeness (QED) is 0.0492. The van der Waals surface area contributed by atoms with Gasteiger partial charge in [0.2, 0.25) is 35.4 Å². The van der Waals surface area contributed by atoms with Crippen LogP contribution in [-0.4, -0.2) is 108 Å². The first-order valence-corrected chi connectivity index (χ1v) is 27.3. The lowest BCUT2D eigenvalue weighted by Gasteiger charge is -2.41. The highest BCUT2D eigenvalue weighted by molar-refractivity contribution is 6.07. The molecule has 18 nitrogen and oxygen atoms in total. The summed E-state index contributed by atoms with van der Waals surface area (Å²) in [5.74, 6) is -4.78. The van der Waals surface area contributed by atoms with Crippen LogP contribution in [0.1, 0.15) is 122 Å². The normalized spacial score (nSPS) is 16.4. The topological polar surface area (TPSA) is 239 Å². The Morgan fingerprint density at radius 2 is 0.854 bits per heavy atom. The van der Waals surface area contributed by atoms with E-state index in [1.807, 2.05) is 41.5 Å². The number of rotatable bonds is 18. The molecule has 2 aliphatic rings. The molecule has 7 rings (SSSR count). The minimum absolute atomic E-state index is 0.0409. The molecule has 0 aromatic heterocycles. The molecule has 0 saturated carbocycles. The number of hydrogen-bond donors (Lipinski definition) is 8. The summed E-state index contributed by atoms with van der Waals surface area (Å²) in [5, 5.41) is 22.8. The highest BCUT2D eigenvalue weighted by Crippen LogP contribution is 2.33. The number of nitrogens with zero attached hydrogens (tertiary/aromatic N) is 2. The number of carbonyl (C=O) groups excluding carboxylic acids is 8. The van der Waals surface area contributed by atoms with Gasteiger partial charge in [0, 0.05) is 59.6 Å². The van der Waals surface area contributed by atoms with Crippen LogP contribution >= 0.6 is 0 Å². The summed E-state index contributed by atoms with van der Waals surface area (Å²) in [7, 11) is 3.22. The van der Waals surface area contributed by atoms with Gasteiger partial charge < -0.3 is 52.3 Å². The number of anilines is 2. The molecule has 0 radical (unpaired) electrons. The molecule has 6 atom stereocenters. The lowest BCUT2D eigenvalue weighted by molar-refractivity contribution is -0.147. The van der Waals surface area contributed by atoms with Gasteiger partial charge in [-0.2, -0.15) is 0 Å². The number of halogens is 2. The molecule has 434 valence electrons. The van der Waals surface area contributed by atoms with Gasteiger partial charge in [-0.1, -0.05) is 90.1 Å². The monoisotopic (exact) mass is 1120 g/mol. The van der Waals surface area contributed by atoms with Crippen LogP contribution in [0.5, 0.6) is 0 Å². The third-order valence-corrected chi connectivity index (χ3v) is 14.7. The molecule has 0 bridgehead atoms. The highest BCUT2D eigenvalue weighted by atomic mass is 19.1. The van der Waals surface area contributed by atoms with E-state index < -0.39 is 106 Å². The number of nitrogens with one attached hydrogen (secondary N) is 8. The van der Waals surface area contributed by atoms with E-state index in [1.54, 1.807) is 101 Å². The molecule has 20 heteroatoms. The third kappa shape index (κ3) is 14.8. The Morgan fingerprint density at radius 3 is 1.18 bits per heavy atom. The maximum Gasteiger partial charge on any atom is 0.255 e. The zero-order chi connectivity index (χ0) is 59.8. The lowest BCUT2D eigenvalue weighted by Crippen LogP contribution is -2.61. The van der Waals surface area contributed by atoms with Crippen molar-refractivity contribution in [2.24, 2.45) is 10.8 Å². The number of likely N-dealkylation sites (N-methyl/N-ethyl adjacent to an activating group) is 2. The van der Waals surface area contributed by atoms with Gasteiger partial charge in [-0.15, -0.1) is 0 Å². The Kier molecular flexibility index (Phi) is 19.5. The third-order valence-electron chi connectivity index (χ3n) is 14.7. The van der Waals surface area contributed by atoms with E-state index in [1.165, 1.54) is 46.2 Å².